The van der Waals surface area contributed by atoms with Crippen molar-refractivity contribution in [2.24, 2.45) is 0 Å². The molecule has 3 heteroatoms. The molecular formula is C12H16FNO. The number of carbonyl (C=O) groups excluding carboxylic acids is 1. The van der Waals surface area contributed by atoms with Gasteiger partial charge in [0, 0.05) is 5.56 Å². The quantitative estimate of drug-likeness (QED) is 0.595. The van der Waals surface area contributed by atoms with Crippen molar-refractivity contribution >= 4 is 5.78 Å². The van der Waals surface area contributed by atoms with E-state index in [1.165, 1.54) is 12.1 Å². The normalized spacial score (nSPS) is 10.3. The molecule has 0 aliphatic carbocycles. The van der Waals surface area contributed by atoms with E-state index in [0.717, 1.165) is 13.0 Å². The Hall–Kier alpha value is -1.22. The van der Waals surface area contributed by atoms with Crippen LogP contribution < -0.4 is 5.32 Å². The Balaban J connectivity index is 2.65. The molecule has 1 aromatic carbocycles. The minimum atomic E-state index is -0.300. The van der Waals surface area contributed by atoms with Crippen LogP contribution in [-0.4, -0.2) is 18.9 Å². The van der Waals surface area contributed by atoms with Gasteiger partial charge in [-0.3, -0.25) is 4.79 Å². The monoisotopic (exact) mass is 209 g/mol. The first-order valence-electron chi connectivity index (χ1n) is 5.15. The van der Waals surface area contributed by atoms with Crippen LogP contribution in [0.2, 0.25) is 0 Å². The maximum Gasteiger partial charge on any atom is 0.176 e. The molecule has 1 N–H and O–H groups in total. The van der Waals surface area contributed by atoms with Crippen LogP contribution in [0.15, 0.2) is 18.2 Å². The van der Waals surface area contributed by atoms with Gasteiger partial charge < -0.3 is 5.32 Å². The summed E-state index contributed by atoms with van der Waals surface area (Å²) in [6.07, 6.45) is 0.996. The summed E-state index contributed by atoms with van der Waals surface area (Å²) in [7, 11) is 0. The maximum atomic E-state index is 12.8. The highest BCUT2D eigenvalue weighted by molar-refractivity contribution is 5.98. The van der Waals surface area contributed by atoms with Gasteiger partial charge in [0.2, 0.25) is 0 Å². The highest BCUT2D eigenvalue weighted by Crippen LogP contribution is 2.10. The molecule has 0 aliphatic rings. The maximum absolute atomic E-state index is 12.8. The standard InChI is InChI=1S/C12H16FNO/c1-3-6-14-8-12(15)11-5-4-10(13)7-9(11)2/h4-5,7,14H,3,6,8H2,1-2H3. The van der Waals surface area contributed by atoms with E-state index < -0.39 is 0 Å². The Morgan fingerprint density at radius 1 is 1.47 bits per heavy atom. The van der Waals surface area contributed by atoms with E-state index in [2.05, 4.69) is 5.32 Å². The first-order chi connectivity index (χ1) is 7.15. The van der Waals surface area contributed by atoms with Crippen molar-refractivity contribution in [2.45, 2.75) is 20.3 Å². The van der Waals surface area contributed by atoms with Gasteiger partial charge in [0.25, 0.3) is 0 Å². The van der Waals surface area contributed by atoms with E-state index in [1.807, 2.05) is 6.92 Å². The van der Waals surface area contributed by atoms with Gasteiger partial charge in [-0.05, 0) is 43.7 Å². The van der Waals surface area contributed by atoms with Gasteiger partial charge in [0.05, 0.1) is 6.54 Å². The summed E-state index contributed by atoms with van der Waals surface area (Å²) in [5.41, 5.74) is 1.29. The minimum Gasteiger partial charge on any atom is -0.310 e. The van der Waals surface area contributed by atoms with Gasteiger partial charge in [-0.2, -0.15) is 0 Å². The van der Waals surface area contributed by atoms with Gasteiger partial charge in [0.15, 0.2) is 5.78 Å². The van der Waals surface area contributed by atoms with Crippen LogP contribution >= 0.6 is 0 Å². The summed E-state index contributed by atoms with van der Waals surface area (Å²) in [6.45, 7) is 4.93. The van der Waals surface area contributed by atoms with Crippen LogP contribution in [0.5, 0.6) is 0 Å². The molecule has 0 aromatic heterocycles. The third-order valence-corrected chi connectivity index (χ3v) is 2.20. The summed E-state index contributed by atoms with van der Waals surface area (Å²) in [4.78, 5) is 11.7. The first kappa shape index (κ1) is 11.9. The summed E-state index contributed by atoms with van der Waals surface area (Å²) < 4.78 is 12.8. The smallest absolute Gasteiger partial charge is 0.176 e. The van der Waals surface area contributed by atoms with Crippen LogP contribution in [0.3, 0.4) is 0 Å². The molecule has 0 atom stereocenters. The third kappa shape index (κ3) is 3.44. The highest BCUT2D eigenvalue weighted by atomic mass is 19.1. The lowest BCUT2D eigenvalue weighted by Crippen LogP contribution is -2.24. The van der Waals surface area contributed by atoms with Crippen LogP contribution in [0.4, 0.5) is 4.39 Å². The third-order valence-electron chi connectivity index (χ3n) is 2.20. The second-order valence-corrected chi connectivity index (χ2v) is 3.56. The Morgan fingerprint density at radius 3 is 2.80 bits per heavy atom. The molecule has 0 unspecified atom stereocenters. The molecule has 0 fully saturated rings. The molecule has 0 saturated heterocycles. The van der Waals surface area contributed by atoms with Crippen LogP contribution in [0.1, 0.15) is 29.3 Å². The lowest BCUT2D eigenvalue weighted by atomic mass is 10.0. The predicted octanol–water partition coefficient (Wildman–Crippen LogP) is 2.32. The number of carbonyl (C=O) groups is 1. The second kappa shape index (κ2) is 5.61. The van der Waals surface area contributed by atoms with Crippen molar-refractivity contribution in [3.05, 3.63) is 35.1 Å². The van der Waals surface area contributed by atoms with E-state index in [1.54, 1.807) is 13.0 Å². The van der Waals surface area contributed by atoms with Gasteiger partial charge in [0.1, 0.15) is 5.82 Å². The highest BCUT2D eigenvalue weighted by Gasteiger charge is 2.08. The molecule has 15 heavy (non-hydrogen) atoms. The van der Waals surface area contributed by atoms with E-state index in [4.69, 9.17) is 0 Å². The number of Topliss-reactive ketones (excluding diaryl/α,β-unsaturated/α-hetero) is 1. The topological polar surface area (TPSA) is 29.1 Å². The zero-order valence-electron chi connectivity index (χ0n) is 9.14. The van der Waals surface area contributed by atoms with Crippen LogP contribution in [0, 0.1) is 12.7 Å². The van der Waals surface area contributed by atoms with Crippen molar-refractivity contribution in [3.63, 3.8) is 0 Å². The molecule has 0 bridgehead atoms. The van der Waals surface area contributed by atoms with Crippen LogP contribution in [-0.2, 0) is 0 Å². The molecule has 0 heterocycles. The predicted molar refractivity (Wildman–Crippen MR) is 58.6 cm³/mol. The number of halogens is 1. The molecule has 1 rings (SSSR count). The Kier molecular flexibility index (Phi) is 4.43. The second-order valence-electron chi connectivity index (χ2n) is 3.56. The number of nitrogens with one attached hydrogen (secondary N) is 1. The van der Waals surface area contributed by atoms with Crippen molar-refractivity contribution in [1.82, 2.24) is 5.32 Å². The SMILES string of the molecule is CCCNCC(=O)c1ccc(F)cc1C. The van der Waals surface area contributed by atoms with Gasteiger partial charge in [-0.25, -0.2) is 4.39 Å². The van der Waals surface area contributed by atoms with E-state index in [0.29, 0.717) is 17.7 Å². The number of hydrogen-bond acceptors (Lipinski definition) is 2. The van der Waals surface area contributed by atoms with Crippen molar-refractivity contribution < 1.29 is 9.18 Å². The largest absolute Gasteiger partial charge is 0.310 e. The van der Waals surface area contributed by atoms with Gasteiger partial charge in [-0.15, -0.1) is 0 Å². The zero-order chi connectivity index (χ0) is 11.3. The molecule has 1 aromatic rings. The number of hydrogen-bond donors (Lipinski definition) is 1. The lowest BCUT2D eigenvalue weighted by Gasteiger charge is -2.05. The number of aryl methyl sites for hydroxylation is 1. The molecule has 0 radical (unpaired) electrons. The zero-order valence-corrected chi connectivity index (χ0v) is 9.14. The minimum absolute atomic E-state index is 0.0148. The number of ketones is 1. The Morgan fingerprint density at radius 2 is 2.20 bits per heavy atom. The Bertz CT molecular complexity index is 349. The molecule has 0 saturated carbocycles. The average molecular weight is 209 g/mol. The van der Waals surface area contributed by atoms with Crippen molar-refractivity contribution in [1.29, 1.82) is 0 Å². The fourth-order valence-corrected chi connectivity index (χ4v) is 1.41. The average Bonchev–Trinajstić information content (AvgIpc) is 2.17. The summed E-state index contributed by atoms with van der Waals surface area (Å²) in [5.74, 6) is -0.286. The lowest BCUT2D eigenvalue weighted by molar-refractivity contribution is 0.0990. The van der Waals surface area contributed by atoms with Crippen LogP contribution in [0.25, 0.3) is 0 Å². The fraction of sp³-hybridized carbons (Fsp3) is 0.417. The molecule has 0 aliphatic heterocycles. The molecule has 2 nitrogen and oxygen atoms in total. The van der Waals surface area contributed by atoms with E-state index in [-0.39, 0.29) is 11.6 Å². The number of rotatable bonds is 5. The van der Waals surface area contributed by atoms with Crippen molar-refractivity contribution in [2.75, 3.05) is 13.1 Å². The molecule has 0 amide bonds. The summed E-state index contributed by atoms with van der Waals surface area (Å²) >= 11 is 0. The fourth-order valence-electron chi connectivity index (χ4n) is 1.41. The molecular weight excluding hydrogens is 193 g/mol. The van der Waals surface area contributed by atoms with Gasteiger partial charge in [-0.1, -0.05) is 6.92 Å². The van der Waals surface area contributed by atoms with E-state index in [9.17, 15) is 9.18 Å². The molecule has 0 spiro atoms. The summed E-state index contributed by atoms with van der Waals surface area (Å²) in [5, 5.41) is 3.03. The number of benzene rings is 1. The molecule has 82 valence electrons. The first-order valence-corrected chi connectivity index (χ1v) is 5.15. The summed E-state index contributed by atoms with van der Waals surface area (Å²) in [6, 6.07) is 4.24. The van der Waals surface area contributed by atoms with Crippen molar-refractivity contribution in [3.8, 4) is 0 Å². The Labute approximate surface area is 89.5 Å². The van der Waals surface area contributed by atoms with E-state index >= 15 is 0 Å². The van der Waals surface area contributed by atoms with Gasteiger partial charge >= 0.3 is 0 Å².